The smallest absolute Gasteiger partial charge is 0.262 e. The average molecular weight is 786 g/mol. The fourth-order valence-electron chi connectivity index (χ4n) is 9.26. The van der Waals surface area contributed by atoms with Crippen LogP contribution < -0.4 is 20.7 Å². The highest BCUT2D eigenvalue weighted by Crippen LogP contribution is 2.40. The van der Waals surface area contributed by atoms with E-state index in [9.17, 15) is 19.2 Å². The van der Waals surface area contributed by atoms with Crippen molar-refractivity contribution in [3.05, 3.63) is 90.0 Å². The minimum atomic E-state index is -1.11. The maximum Gasteiger partial charge on any atom is 0.262 e. The molecule has 3 aliphatic heterocycles. The molecule has 3 fully saturated rings. The zero-order chi connectivity index (χ0) is 40.2. The van der Waals surface area contributed by atoms with Crippen LogP contribution in [-0.2, 0) is 9.59 Å². The van der Waals surface area contributed by atoms with Gasteiger partial charge < -0.3 is 15.4 Å². The number of nitrogens with one attached hydrogen (secondary N) is 1. The maximum atomic E-state index is 15.7. The van der Waals surface area contributed by atoms with Crippen LogP contribution in [0.5, 0.6) is 11.5 Å². The molecule has 0 spiro atoms. The van der Waals surface area contributed by atoms with Crippen LogP contribution in [-0.4, -0.2) is 90.9 Å². The number of nitrogens with zero attached hydrogens (tertiary/aromatic N) is 7. The molecule has 58 heavy (non-hydrogen) atoms. The first kappa shape index (κ1) is 37.4. The Morgan fingerprint density at radius 2 is 1.52 bits per heavy atom. The number of hydrogen-bond donors (Lipinski definition) is 2. The number of para-hydroxylation sites is 1. The van der Waals surface area contributed by atoms with E-state index in [0.29, 0.717) is 24.8 Å². The molecular weight excluding hydrogens is 742 g/mol. The van der Waals surface area contributed by atoms with Crippen molar-refractivity contribution in [2.75, 3.05) is 30.3 Å². The molecule has 1 aliphatic carbocycles. The normalized spacial score (nSPS) is 24.0. The van der Waals surface area contributed by atoms with Crippen molar-refractivity contribution < 1.29 is 28.3 Å². The molecule has 15 heteroatoms. The van der Waals surface area contributed by atoms with Gasteiger partial charge in [-0.2, -0.15) is 5.10 Å². The van der Waals surface area contributed by atoms with Gasteiger partial charge in [0, 0.05) is 43.7 Å². The van der Waals surface area contributed by atoms with Gasteiger partial charge in [-0.1, -0.05) is 18.2 Å². The van der Waals surface area contributed by atoms with Gasteiger partial charge in [0.2, 0.25) is 11.8 Å². The van der Waals surface area contributed by atoms with Crippen molar-refractivity contribution in [2.45, 2.75) is 76.5 Å². The predicted octanol–water partition coefficient (Wildman–Crippen LogP) is 5.74. The molecule has 3 unspecified atom stereocenters. The van der Waals surface area contributed by atoms with Crippen LogP contribution >= 0.6 is 0 Å². The third-order valence-corrected chi connectivity index (χ3v) is 12.2. The number of nitrogens with two attached hydrogens (primary N) is 1. The van der Waals surface area contributed by atoms with Crippen molar-refractivity contribution in [3.8, 4) is 22.8 Å². The number of piperazine rings is 1. The summed E-state index contributed by atoms with van der Waals surface area (Å²) in [5, 5.41) is 8.04. The molecule has 298 valence electrons. The van der Waals surface area contributed by atoms with Crippen LogP contribution in [0.4, 0.5) is 15.9 Å². The van der Waals surface area contributed by atoms with Crippen LogP contribution in [0.3, 0.4) is 0 Å². The molecule has 14 nitrogen and oxygen atoms in total. The van der Waals surface area contributed by atoms with E-state index < -0.39 is 35.5 Å². The second-order valence-corrected chi connectivity index (χ2v) is 16.0. The Morgan fingerprint density at radius 3 is 2.21 bits per heavy atom. The highest BCUT2D eigenvalue weighted by Gasteiger charge is 2.46. The summed E-state index contributed by atoms with van der Waals surface area (Å²) in [4.78, 5) is 65.2. The molecule has 5 heterocycles. The lowest BCUT2D eigenvalue weighted by molar-refractivity contribution is -0.136. The zero-order valence-electron chi connectivity index (χ0n) is 32.3. The summed E-state index contributed by atoms with van der Waals surface area (Å²) in [7, 11) is 0. The molecule has 3 N–H and O–H groups in total. The molecule has 4 aliphatic rings. The van der Waals surface area contributed by atoms with E-state index in [1.165, 1.54) is 12.4 Å². The van der Waals surface area contributed by atoms with Crippen molar-refractivity contribution in [1.82, 2.24) is 34.9 Å². The van der Waals surface area contributed by atoms with Gasteiger partial charge in [-0.25, -0.2) is 19.0 Å². The number of halogens is 1. The van der Waals surface area contributed by atoms with Crippen molar-refractivity contribution in [2.24, 2.45) is 5.92 Å². The fourth-order valence-corrected chi connectivity index (χ4v) is 9.26. The van der Waals surface area contributed by atoms with Gasteiger partial charge >= 0.3 is 0 Å². The predicted molar refractivity (Wildman–Crippen MR) is 214 cm³/mol. The molecule has 1 saturated carbocycles. The first-order chi connectivity index (χ1) is 28.0. The standard InChI is InChI=1S/C43H44FN9O5/c1-24-20-50(35-19-32-31(18-33(35)44)42(56)52(43(32)57)34-16-17-36(54)48-41(34)55)21-25(2)51(24)22-26-8-12-28(13-9-26)53-40-37(39(45)46-23-47-40)38(49-53)27-10-14-30(15-11-27)58-29-6-4-3-5-7-29/h3-7,10-11,14-15,18-19,23-26,28,34H,8-9,12-13,16-17,20-22H2,1-2H3,(H2,45,46,47)(H,48,54,55). The van der Waals surface area contributed by atoms with Crippen molar-refractivity contribution in [1.29, 1.82) is 0 Å². The average Bonchev–Trinajstić information content (AvgIpc) is 3.72. The minimum absolute atomic E-state index is 0.0147. The first-order valence-corrected chi connectivity index (χ1v) is 19.9. The van der Waals surface area contributed by atoms with Gasteiger partial charge in [0.1, 0.15) is 41.2 Å². The van der Waals surface area contributed by atoms with Crippen LogP contribution in [0.1, 0.15) is 79.1 Å². The third kappa shape index (κ3) is 6.72. The summed E-state index contributed by atoms with van der Waals surface area (Å²) in [5.41, 5.74) is 9.07. The number of ether oxygens (including phenoxy) is 1. The van der Waals surface area contributed by atoms with Crippen molar-refractivity contribution >= 4 is 46.2 Å². The number of piperidine rings is 1. The monoisotopic (exact) mass is 785 g/mol. The fraction of sp³-hybridized carbons (Fsp3) is 0.372. The van der Waals surface area contributed by atoms with Crippen LogP contribution in [0, 0.1) is 11.7 Å². The highest BCUT2D eigenvalue weighted by atomic mass is 19.1. The highest BCUT2D eigenvalue weighted by molar-refractivity contribution is 6.23. The number of amides is 4. The lowest BCUT2D eigenvalue weighted by Crippen LogP contribution is -2.58. The molecule has 0 bridgehead atoms. The van der Waals surface area contributed by atoms with E-state index in [4.69, 9.17) is 15.6 Å². The van der Waals surface area contributed by atoms with Gasteiger partial charge in [0.05, 0.1) is 28.2 Å². The Labute approximate surface area is 334 Å². The molecule has 5 aromatic rings. The van der Waals surface area contributed by atoms with E-state index in [1.807, 2.05) is 64.2 Å². The lowest BCUT2D eigenvalue weighted by Gasteiger charge is -2.47. The van der Waals surface area contributed by atoms with E-state index in [2.05, 4.69) is 34.0 Å². The zero-order valence-corrected chi connectivity index (χ0v) is 32.3. The summed E-state index contributed by atoms with van der Waals surface area (Å²) < 4.78 is 23.8. The number of aromatic nitrogens is 4. The number of nitrogen functional groups attached to an aromatic ring is 1. The van der Waals surface area contributed by atoms with Gasteiger partial charge in [0.15, 0.2) is 5.65 Å². The molecule has 4 amide bonds. The third-order valence-electron chi connectivity index (χ3n) is 12.2. The first-order valence-electron chi connectivity index (χ1n) is 19.9. The molecule has 9 rings (SSSR count). The maximum absolute atomic E-state index is 15.7. The Balaban J connectivity index is 0.851. The summed E-state index contributed by atoms with van der Waals surface area (Å²) in [6.07, 6.45) is 5.42. The number of carbonyl (C=O) groups is 4. The molecule has 0 radical (unpaired) electrons. The SMILES string of the molecule is CC1CN(c2cc3c(cc2F)C(=O)N(C2CCC(=O)NC2=O)C3=O)CC(C)N1CC1CCC(n2nc(-c3ccc(Oc4ccccc4)cc3)c3c(N)ncnc32)CC1. The second-order valence-electron chi connectivity index (χ2n) is 16.0. The number of carbonyl (C=O) groups excluding carboxylic acids is 4. The molecule has 3 aromatic carbocycles. The second kappa shape index (κ2) is 14.9. The van der Waals surface area contributed by atoms with E-state index >= 15 is 4.39 Å². The Bertz CT molecular complexity index is 2420. The summed E-state index contributed by atoms with van der Waals surface area (Å²) in [6, 6.07) is 19.2. The van der Waals surface area contributed by atoms with Gasteiger partial charge in [-0.3, -0.25) is 34.3 Å². The molecule has 2 saturated heterocycles. The Kier molecular flexibility index (Phi) is 9.62. The van der Waals surface area contributed by atoms with Crippen LogP contribution in [0.25, 0.3) is 22.3 Å². The van der Waals surface area contributed by atoms with E-state index in [1.54, 1.807) is 0 Å². The van der Waals surface area contributed by atoms with Gasteiger partial charge in [0.25, 0.3) is 11.8 Å². The van der Waals surface area contributed by atoms with Gasteiger partial charge in [-0.05, 0) is 100 Å². The molecule has 2 aromatic heterocycles. The Hall–Kier alpha value is -6.22. The topological polar surface area (TPSA) is 169 Å². The number of fused-ring (bicyclic) bond motifs is 2. The van der Waals surface area contributed by atoms with E-state index in [-0.39, 0.29) is 47.8 Å². The largest absolute Gasteiger partial charge is 0.457 e. The Morgan fingerprint density at radius 1 is 0.845 bits per heavy atom. The van der Waals surface area contributed by atoms with Crippen LogP contribution in [0.2, 0.25) is 0 Å². The van der Waals surface area contributed by atoms with Gasteiger partial charge in [-0.15, -0.1) is 0 Å². The minimum Gasteiger partial charge on any atom is -0.457 e. The van der Waals surface area contributed by atoms with E-state index in [0.717, 1.165) is 77.0 Å². The lowest BCUT2D eigenvalue weighted by atomic mass is 9.85. The summed E-state index contributed by atoms with van der Waals surface area (Å²) >= 11 is 0. The summed E-state index contributed by atoms with van der Waals surface area (Å²) in [5.74, 6) is -0.780. The van der Waals surface area contributed by atoms with Crippen molar-refractivity contribution in [3.63, 3.8) is 0 Å². The molecular formula is C43H44FN9O5. The number of imide groups is 2. The van der Waals surface area contributed by atoms with Crippen LogP contribution in [0.15, 0.2) is 73.1 Å². The quantitative estimate of drug-likeness (QED) is 0.184. The summed E-state index contributed by atoms with van der Waals surface area (Å²) in [6.45, 7) is 6.26. The molecule has 3 atom stereocenters. The number of rotatable bonds is 8. The number of anilines is 2. The number of benzene rings is 3. The number of hydrogen-bond acceptors (Lipinski definition) is 11.